The lowest BCUT2D eigenvalue weighted by molar-refractivity contribution is -0.118. The van der Waals surface area contributed by atoms with E-state index in [0.717, 1.165) is 0 Å². The molecule has 25 heavy (non-hydrogen) atoms. The minimum Gasteiger partial charge on any atom is -0.454 e. The third-order valence-electron chi connectivity index (χ3n) is 3.91. The van der Waals surface area contributed by atoms with Gasteiger partial charge in [-0.25, -0.2) is 0 Å². The quantitative estimate of drug-likeness (QED) is 0.759. The van der Waals surface area contributed by atoms with Gasteiger partial charge in [0.1, 0.15) is 5.70 Å². The lowest BCUT2D eigenvalue weighted by atomic mass is 9.98. The van der Waals surface area contributed by atoms with Crippen LogP contribution in [-0.2, 0) is 4.79 Å². The molecule has 0 amide bonds. The van der Waals surface area contributed by atoms with Crippen molar-refractivity contribution in [3.63, 3.8) is 0 Å². The molecule has 5 nitrogen and oxygen atoms in total. The number of hydrogen-bond donors (Lipinski definition) is 0. The third-order valence-corrected chi connectivity index (χ3v) is 3.91. The first-order valence-electron chi connectivity index (χ1n) is 7.65. The average Bonchev–Trinajstić information content (AvgIpc) is 3.06. The zero-order valence-electron chi connectivity index (χ0n) is 13.1. The van der Waals surface area contributed by atoms with Gasteiger partial charge in [0, 0.05) is 24.6 Å². The summed E-state index contributed by atoms with van der Waals surface area (Å²) in [6.45, 7) is 0.0673. The van der Waals surface area contributed by atoms with Crippen molar-refractivity contribution in [2.45, 2.75) is 31.9 Å². The molecule has 0 aliphatic carbocycles. The van der Waals surface area contributed by atoms with E-state index in [-0.39, 0.29) is 38.3 Å². The Morgan fingerprint density at radius 2 is 1.80 bits per heavy atom. The van der Waals surface area contributed by atoms with Crippen molar-refractivity contribution in [1.29, 1.82) is 0 Å². The standard InChI is InChI=1S/C17H14F3NO4/c18-17(19,20)11-2-1-7-21-16(11)13(23)5-4-12(22)10-3-6-14-15(8-10)25-9-24-14/h3,6-8H,1-2,4-5,9H2. The van der Waals surface area contributed by atoms with Gasteiger partial charge in [0.2, 0.25) is 6.79 Å². The van der Waals surface area contributed by atoms with Crippen molar-refractivity contribution in [3.8, 4) is 11.5 Å². The number of Topliss-reactive ketones (excluding diaryl/α,β-unsaturated/α-hetero) is 2. The second-order valence-electron chi connectivity index (χ2n) is 5.59. The fourth-order valence-corrected chi connectivity index (χ4v) is 2.64. The molecule has 0 radical (unpaired) electrons. The number of allylic oxidation sites excluding steroid dienone is 2. The Labute approximate surface area is 141 Å². The van der Waals surface area contributed by atoms with Gasteiger partial charge in [-0.2, -0.15) is 13.2 Å². The van der Waals surface area contributed by atoms with E-state index in [9.17, 15) is 22.8 Å². The van der Waals surface area contributed by atoms with E-state index in [2.05, 4.69) is 4.99 Å². The first-order chi connectivity index (χ1) is 11.9. The molecular weight excluding hydrogens is 339 g/mol. The van der Waals surface area contributed by atoms with Crippen LogP contribution in [-0.4, -0.2) is 30.8 Å². The average molecular weight is 353 g/mol. The third kappa shape index (κ3) is 3.72. The van der Waals surface area contributed by atoms with Crippen molar-refractivity contribution in [2.24, 2.45) is 4.99 Å². The molecule has 3 rings (SSSR count). The molecule has 0 N–H and O–H groups in total. The minimum absolute atomic E-state index is 0.0673. The Morgan fingerprint density at radius 3 is 2.56 bits per heavy atom. The molecule has 0 aromatic heterocycles. The maximum atomic E-state index is 13.0. The molecule has 2 heterocycles. The number of fused-ring (bicyclic) bond motifs is 1. The summed E-state index contributed by atoms with van der Waals surface area (Å²) in [5.41, 5.74) is -1.19. The number of rotatable bonds is 5. The second kappa shape index (κ2) is 6.70. The van der Waals surface area contributed by atoms with Crippen LogP contribution >= 0.6 is 0 Å². The van der Waals surface area contributed by atoms with Crippen LogP contribution in [0.15, 0.2) is 34.5 Å². The summed E-state index contributed by atoms with van der Waals surface area (Å²) in [6, 6.07) is 4.60. The SMILES string of the molecule is O=C(CCC(=O)c1ccc2c(c1)OCO2)C1=C(C(F)(F)F)CCC=N1. The highest BCUT2D eigenvalue weighted by molar-refractivity contribution is 6.03. The summed E-state index contributed by atoms with van der Waals surface area (Å²) in [4.78, 5) is 27.9. The maximum absolute atomic E-state index is 13.0. The van der Waals surface area contributed by atoms with Crippen molar-refractivity contribution in [1.82, 2.24) is 0 Å². The van der Waals surface area contributed by atoms with Crippen molar-refractivity contribution >= 4 is 17.8 Å². The summed E-state index contributed by atoms with van der Waals surface area (Å²) in [7, 11) is 0. The molecule has 0 saturated carbocycles. The highest BCUT2D eigenvalue weighted by atomic mass is 19.4. The zero-order valence-corrected chi connectivity index (χ0v) is 13.1. The second-order valence-corrected chi connectivity index (χ2v) is 5.59. The van der Waals surface area contributed by atoms with E-state index in [4.69, 9.17) is 9.47 Å². The minimum atomic E-state index is -4.59. The molecule has 0 atom stereocenters. The van der Waals surface area contributed by atoms with Gasteiger partial charge >= 0.3 is 6.18 Å². The molecule has 0 fully saturated rings. The van der Waals surface area contributed by atoms with E-state index in [1.165, 1.54) is 18.3 Å². The van der Waals surface area contributed by atoms with Crippen LogP contribution < -0.4 is 9.47 Å². The van der Waals surface area contributed by atoms with Crippen LogP contribution in [0.25, 0.3) is 0 Å². The number of carbonyl (C=O) groups excluding carboxylic acids is 2. The maximum Gasteiger partial charge on any atom is 0.414 e. The molecule has 132 valence electrons. The summed E-state index contributed by atoms with van der Waals surface area (Å²) in [5, 5.41) is 0. The monoisotopic (exact) mass is 353 g/mol. The Balaban J connectivity index is 1.68. The van der Waals surface area contributed by atoms with Crippen molar-refractivity contribution in [3.05, 3.63) is 35.0 Å². The van der Waals surface area contributed by atoms with Gasteiger partial charge in [0.25, 0.3) is 0 Å². The van der Waals surface area contributed by atoms with E-state index in [1.807, 2.05) is 0 Å². The number of hydrogen-bond acceptors (Lipinski definition) is 5. The summed E-state index contributed by atoms with van der Waals surface area (Å²) < 4.78 is 49.2. The molecule has 2 aliphatic rings. The Bertz CT molecular complexity index is 781. The number of nitrogens with zero attached hydrogens (tertiary/aromatic N) is 1. The van der Waals surface area contributed by atoms with Crippen LogP contribution in [0.1, 0.15) is 36.0 Å². The summed E-state index contributed by atoms with van der Waals surface area (Å²) in [5.74, 6) is -0.196. The Kier molecular flexibility index (Phi) is 4.61. The van der Waals surface area contributed by atoms with E-state index in [0.29, 0.717) is 17.1 Å². The predicted octanol–water partition coefficient (Wildman–Crippen LogP) is 3.63. The van der Waals surface area contributed by atoms with Crippen LogP contribution in [0, 0.1) is 0 Å². The van der Waals surface area contributed by atoms with Gasteiger partial charge in [-0.3, -0.25) is 14.6 Å². The number of alkyl halides is 3. The number of halogens is 3. The first-order valence-corrected chi connectivity index (χ1v) is 7.65. The zero-order chi connectivity index (χ0) is 18.0. The van der Waals surface area contributed by atoms with Crippen LogP contribution in [0.3, 0.4) is 0 Å². The molecule has 0 spiro atoms. The van der Waals surface area contributed by atoms with Gasteiger partial charge in [-0.05, 0) is 31.0 Å². The van der Waals surface area contributed by atoms with Crippen molar-refractivity contribution in [2.75, 3.05) is 6.79 Å². The fraction of sp³-hybridized carbons (Fsp3) is 0.353. The van der Waals surface area contributed by atoms with Gasteiger partial charge in [0.15, 0.2) is 23.1 Å². The lowest BCUT2D eigenvalue weighted by Gasteiger charge is -2.17. The number of carbonyl (C=O) groups is 2. The van der Waals surface area contributed by atoms with E-state index >= 15 is 0 Å². The fourth-order valence-electron chi connectivity index (χ4n) is 2.64. The topological polar surface area (TPSA) is 65.0 Å². The predicted molar refractivity (Wildman–Crippen MR) is 81.9 cm³/mol. The molecular formula is C17H14F3NO4. The Hall–Kier alpha value is -2.64. The van der Waals surface area contributed by atoms with Crippen LogP contribution in [0.2, 0.25) is 0 Å². The van der Waals surface area contributed by atoms with Crippen LogP contribution in [0.5, 0.6) is 11.5 Å². The molecule has 0 unspecified atom stereocenters. The molecule has 2 aliphatic heterocycles. The molecule has 0 bridgehead atoms. The smallest absolute Gasteiger partial charge is 0.414 e. The van der Waals surface area contributed by atoms with Gasteiger partial charge in [0.05, 0.1) is 5.57 Å². The summed E-state index contributed by atoms with van der Waals surface area (Å²) >= 11 is 0. The lowest BCUT2D eigenvalue weighted by Crippen LogP contribution is -2.20. The van der Waals surface area contributed by atoms with Gasteiger partial charge in [-0.15, -0.1) is 0 Å². The number of aliphatic imine (C=N–C) groups is 1. The van der Waals surface area contributed by atoms with Gasteiger partial charge < -0.3 is 9.47 Å². The Morgan fingerprint density at radius 1 is 1.08 bits per heavy atom. The summed E-state index contributed by atoms with van der Waals surface area (Å²) in [6.07, 6.45) is -3.97. The highest BCUT2D eigenvalue weighted by Crippen LogP contribution is 2.35. The first kappa shape index (κ1) is 17.2. The van der Waals surface area contributed by atoms with Gasteiger partial charge in [-0.1, -0.05) is 0 Å². The normalized spacial score (nSPS) is 16.3. The molecule has 1 aromatic rings. The van der Waals surface area contributed by atoms with E-state index < -0.39 is 23.2 Å². The highest BCUT2D eigenvalue weighted by Gasteiger charge is 2.38. The number of ketones is 2. The molecule has 1 aromatic carbocycles. The number of benzene rings is 1. The molecule has 8 heteroatoms. The van der Waals surface area contributed by atoms with Crippen molar-refractivity contribution < 1.29 is 32.2 Å². The van der Waals surface area contributed by atoms with E-state index in [1.54, 1.807) is 6.07 Å². The largest absolute Gasteiger partial charge is 0.454 e. The molecule has 0 saturated heterocycles. The number of ether oxygens (including phenoxy) is 2. The van der Waals surface area contributed by atoms with Crippen LogP contribution in [0.4, 0.5) is 13.2 Å².